The predicted octanol–water partition coefficient (Wildman–Crippen LogP) is 2.86. The molecule has 0 amide bonds. The number of nitrogens with zero attached hydrogens (tertiary/aromatic N) is 3. The molecule has 2 saturated heterocycles. The summed E-state index contributed by atoms with van der Waals surface area (Å²) in [6.07, 6.45) is -3.37. The van der Waals surface area contributed by atoms with Crippen molar-refractivity contribution in [1.82, 2.24) is 4.98 Å². The zero-order valence-electron chi connectivity index (χ0n) is 13.8. The molecule has 1 N–H and O–H groups in total. The fraction of sp³-hybridized carbons (Fsp3) is 0.647. The lowest BCUT2D eigenvalue weighted by molar-refractivity contribution is -0.141. The van der Waals surface area contributed by atoms with Gasteiger partial charge in [-0.05, 0) is 37.2 Å². The summed E-state index contributed by atoms with van der Waals surface area (Å²) < 4.78 is 39.7. The Balaban J connectivity index is 1.56. The predicted molar refractivity (Wildman–Crippen MR) is 85.6 cm³/mol. The first kappa shape index (κ1) is 16.5. The van der Waals surface area contributed by atoms with Crippen molar-refractivity contribution in [3.8, 4) is 0 Å². The molecule has 3 heterocycles. The maximum absolute atomic E-state index is 13.2. The van der Waals surface area contributed by atoms with Crippen LogP contribution in [0.1, 0.15) is 25.5 Å². The molecule has 4 rings (SSSR count). The van der Waals surface area contributed by atoms with Crippen molar-refractivity contribution in [3.05, 3.63) is 17.8 Å². The van der Waals surface area contributed by atoms with Gasteiger partial charge in [-0.3, -0.25) is 4.79 Å². The molecule has 136 valence electrons. The van der Waals surface area contributed by atoms with E-state index in [2.05, 4.69) is 4.98 Å². The minimum atomic E-state index is -4.48. The summed E-state index contributed by atoms with van der Waals surface area (Å²) in [7, 11) is 0. The normalized spacial score (nSPS) is 30.9. The first-order valence-corrected chi connectivity index (χ1v) is 8.56. The summed E-state index contributed by atoms with van der Waals surface area (Å²) >= 11 is 0. The number of carboxylic acid groups (broad SMARTS) is 1. The number of carbonyl (C=O) groups is 1. The lowest BCUT2D eigenvalue weighted by Gasteiger charge is -2.40. The Labute approximate surface area is 143 Å². The summed E-state index contributed by atoms with van der Waals surface area (Å²) in [5.41, 5.74) is -0.320. The van der Waals surface area contributed by atoms with Gasteiger partial charge in [0, 0.05) is 43.9 Å². The third kappa shape index (κ3) is 2.91. The van der Waals surface area contributed by atoms with Crippen LogP contribution in [0.15, 0.2) is 12.1 Å². The Morgan fingerprint density at radius 3 is 2.48 bits per heavy atom. The average molecular weight is 355 g/mol. The quantitative estimate of drug-likeness (QED) is 0.900. The molecule has 8 heteroatoms. The third-order valence-electron chi connectivity index (χ3n) is 5.85. The van der Waals surface area contributed by atoms with Crippen LogP contribution in [0.2, 0.25) is 0 Å². The number of alkyl halides is 3. The van der Waals surface area contributed by atoms with Crippen molar-refractivity contribution in [1.29, 1.82) is 0 Å². The number of hydrogen-bond acceptors (Lipinski definition) is 4. The van der Waals surface area contributed by atoms with E-state index in [0.717, 1.165) is 19.0 Å². The maximum Gasteiger partial charge on any atom is 0.433 e. The molecule has 5 nitrogen and oxygen atoms in total. The van der Waals surface area contributed by atoms with Crippen molar-refractivity contribution >= 4 is 17.5 Å². The van der Waals surface area contributed by atoms with Gasteiger partial charge < -0.3 is 14.9 Å². The van der Waals surface area contributed by atoms with Gasteiger partial charge in [0.2, 0.25) is 0 Å². The molecule has 0 spiro atoms. The summed E-state index contributed by atoms with van der Waals surface area (Å²) in [5, 5.41) is 8.89. The van der Waals surface area contributed by atoms with Gasteiger partial charge in [-0.15, -0.1) is 0 Å². The molecule has 0 unspecified atom stereocenters. The topological polar surface area (TPSA) is 56.7 Å². The maximum atomic E-state index is 13.2. The molecule has 2 aliphatic heterocycles. The van der Waals surface area contributed by atoms with Crippen LogP contribution in [0.5, 0.6) is 0 Å². The highest BCUT2D eigenvalue weighted by atomic mass is 19.4. The highest BCUT2D eigenvalue weighted by molar-refractivity contribution is 5.68. The highest BCUT2D eigenvalue weighted by Crippen LogP contribution is 2.54. The van der Waals surface area contributed by atoms with E-state index in [-0.39, 0.29) is 30.2 Å². The number of carboxylic acids is 1. The van der Waals surface area contributed by atoms with Gasteiger partial charge in [-0.2, -0.15) is 13.2 Å². The number of anilines is 2. The van der Waals surface area contributed by atoms with Gasteiger partial charge in [0.25, 0.3) is 0 Å². The lowest BCUT2D eigenvalue weighted by atomic mass is 10.1. The Kier molecular flexibility index (Phi) is 3.63. The fourth-order valence-electron chi connectivity index (χ4n) is 4.20. The van der Waals surface area contributed by atoms with Crippen LogP contribution < -0.4 is 9.80 Å². The number of piperidine rings is 1. The first-order chi connectivity index (χ1) is 11.7. The second-order valence-corrected chi connectivity index (χ2v) is 7.39. The van der Waals surface area contributed by atoms with Gasteiger partial charge in [0.15, 0.2) is 0 Å². The van der Waals surface area contributed by atoms with Crippen molar-refractivity contribution in [2.24, 2.45) is 17.8 Å². The SMILES string of the molecule is C[C@H]1CCN1c1cc(N2C[C@@H]3[C@@H](CC(=O)O)[C@@H]3C2)cc(C(F)(F)F)n1. The van der Waals surface area contributed by atoms with E-state index in [9.17, 15) is 18.0 Å². The second-order valence-electron chi connectivity index (χ2n) is 7.39. The van der Waals surface area contributed by atoms with Crippen LogP contribution in [0.3, 0.4) is 0 Å². The molecular formula is C17H20F3N3O2. The zero-order valence-corrected chi connectivity index (χ0v) is 13.8. The first-order valence-electron chi connectivity index (χ1n) is 8.56. The summed E-state index contributed by atoms with van der Waals surface area (Å²) in [6.45, 7) is 3.95. The van der Waals surface area contributed by atoms with Crippen molar-refractivity contribution in [2.75, 3.05) is 29.4 Å². The number of hydrogen-bond donors (Lipinski definition) is 1. The van der Waals surface area contributed by atoms with Crippen LogP contribution in [-0.2, 0) is 11.0 Å². The molecule has 1 aromatic rings. The van der Waals surface area contributed by atoms with E-state index >= 15 is 0 Å². The summed E-state index contributed by atoms with van der Waals surface area (Å²) in [5.74, 6) is 0.317. The van der Waals surface area contributed by atoms with Gasteiger partial charge in [0.1, 0.15) is 11.5 Å². The van der Waals surface area contributed by atoms with E-state index < -0.39 is 17.8 Å². The summed E-state index contributed by atoms with van der Waals surface area (Å²) in [4.78, 5) is 18.5. The van der Waals surface area contributed by atoms with E-state index in [1.165, 1.54) is 0 Å². The monoisotopic (exact) mass is 355 g/mol. The Morgan fingerprint density at radius 1 is 1.32 bits per heavy atom. The molecule has 4 atom stereocenters. The number of fused-ring (bicyclic) bond motifs is 1. The zero-order chi connectivity index (χ0) is 17.9. The molecule has 25 heavy (non-hydrogen) atoms. The molecule has 0 bridgehead atoms. The minimum Gasteiger partial charge on any atom is -0.481 e. The number of pyridine rings is 1. The Bertz CT molecular complexity index is 697. The van der Waals surface area contributed by atoms with Crippen LogP contribution in [0, 0.1) is 17.8 Å². The van der Waals surface area contributed by atoms with Gasteiger partial charge in [-0.1, -0.05) is 0 Å². The minimum absolute atomic E-state index is 0.157. The second kappa shape index (κ2) is 5.51. The molecule has 1 aliphatic carbocycles. The van der Waals surface area contributed by atoms with Crippen LogP contribution >= 0.6 is 0 Å². The Morgan fingerprint density at radius 2 is 2.00 bits per heavy atom. The van der Waals surface area contributed by atoms with Crippen molar-refractivity contribution < 1.29 is 23.1 Å². The van der Waals surface area contributed by atoms with E-state index in [1.807, 2.05) is 16.7 Å². The molecule has 3 aliphatic rings. The van der Waals surface area contributed by atoms with Gasteiger partial charge in [-0.25, -0.2) is 4.98 Å². The molecule has 1 saturated carbocycles. The Hall–Kier alpha value is -1.99. The standard InChI is InChI=1S/C17H20F3N3O2/c1-9-2-3-23(9)15-5-10(4-14(21-15)17(18,19)20)22-7-12-11(6-16(24)25)13(12)8-22/h4-5,9,11-13H,2-3,6-8H2,1H3,(H,24,25)/t9-,11-,12-,13+/m0/s1. The van der Waals surface area contributed by atoms with E-state index in [1.54, 1.807) is 6.07 Å². The average Bonchev–Trinajstić information content (AvgIpc) is 2.95. The van der Waals surface area contributed by atoms with Crippen molar-refractivity contribution in [2.45, 2.75) is 32.0 Å². The lowest BCUT2D eigenvalue weighted by Crippen LogP contribution is -2.46. The smallest absolute Gasteiger partial charge is 0.433 e. The van der Waals surface area contributed by atoms with Gasteiger partial charge >= 0.3 is 12.1 Å². The van der Waals surface area contributed by atoms with E-state index in [4.69, 9.17) is 5.11 Å². The molecule has 0 radical (unpaired) electrons. The number of halogens is 3. The van der Waals surface area contributed by atoms with Crippen LogP contribution in [0.25, 0.3) is 0 Å². The van der Waals surface area contributed by atoms with Gasteiger partial charge in [0.05, 0.1) is 0 Å². The molecule has 1 aromatic heterocycles. The number of aliphatic carboxylic acids is 1. The molecule has 0 aromatic carbocycles. The number of rotatable bonds is 4. The number of aromatic nitrogens is 1. The van der Waals surface area contributed by atoms with Crippen LogP contribution in [-0.4, -0.2) is 41.7 Å². The van der Waals surface area contributed by atoms with Crippen molar-refractivity contribution in [3.63, 3.8) is 0 Å². The molecular weight excluding hydrogens is 335 g/mol. The van der Waals surface area contributed by atoms with E-state index in [0.29, 0.717) is 24.6 Å². The third-order valence-corrected chi connectivity index (χ3v) is 5.85. The van der Waals surface area contributed by atoms with Crippen LogP contribution in [0.4, 0.5) is 24.7 Å². The summed E-state index contributed by atoms with van der Waals surface area (Å²) in [6, 6.07) is 3.06. The largest absolute Gasteiger partial charge is 0.481 e. The highest BCUT2D eigenvalue weighted by Gasteiger charge is 2.56. The fourth-order valence-corrected chi connectivity index (χ4v) is 4.20. The molecule has 3 fully saturated rings.